The van der Waals surface area contributed by atoms with Crippen molar-refractivity contribution in [2.24, 2.45) is 0 Å². The van der Waals surface area contributed by atoms with Crippen LogP contribution < -0.4 is 4.74 Å². The molecule has 5 heteroatoms. The molecule has 118 valence electrons. The maximum atomic E-state index is 13.2. The fourth-order valence-corrected chi connectivity index (χ4v) is 2.68. The molecule has 0 amide bonds. The summed E-state index contributed by atoms with van der Waals surface area (Å²) in [5.41, 5.74) is 0.540. The molecule has 3 atom stereocenters. The zero-order valence-corrected chi connectivity index (χ0v) is 12.9. The van der Waals surface area contributed by atoms with Crippen molar-refractivity contribution in [3.63, 3.8) is 0 Å². The standard InChI is InChI=1S/C16H24FNO3/c1-11-6-15(4-5-16(11)17)20-10-14(19)9-18-7-12(2)21-13(3)8-18/h4-6,12-14,19H,7-10H2,1-3H3. The van der Waals surface area contributed by atoms with E-state index in [-0.39, 0.29) is 24.6 Å². The molecule has 0 aliphatic carbocycles. The van der Waals surface area contributed by atoms with Crippen LogP contribution in [0, 0.1) is 12.7 Å². The third kappa shape index (κ3) is 4.95. The summed E-state index contributed by atoms with van der Waals surface area (Å²) in [5.74, 6) is 0.329. The lowest BCUT2D eigenvalue weighted by Gasteiger charge is -2.36. The van der Waals surface area contributed by atoms with Crippen LogP contribution in [0.1, 0.15) is 19.4 Å². The summed E-state index contributed by atoms with van der Waals surface area (Å²) in [4.78, 5) is 2.18. The molecule has 1 N–H and O–H groups in total. The van der Waals surface area contributed by atoms with Crippen LogP contribution in [0.5, 0.6) is 5.75 Å². The predicted octanol–water partition coefficient (Wildman–Crippen LogP) is 1.98. The summed E-state index contributed by atoms with van der Waals surface area (Å²) in [6, 6.07) is 4.59. The number of aliphatic hydroxyl groups is 1. The molecule has 21 heavy (non-hydrogen) atoms. The second kappa shape index (κ2) is 7.20. The van der Waals surface area contributed by atoms with Gasteiger partial charge in [0.2, 0.25) is 0 Å². The monoisotopic (exact) mass is 297 g/mol. The summed E-state index contributed by atoms with van der Waals surface area (Å²) in [5, 5.41) is 10.1. The third-order valence-corrected chi connectivity index (χ3v) is 3.54. The Bertz CT molecular complexity index is 459. The van der Waals surface area contributed by atoms with E-state index in [0.29, 0.717) is 17.9 Å². The summed E-state index contributed by atoms with van der Waals surface area (Å²) in [6.45, 7) is 8.15. The van der Waals surface area contributed by atoms with Crippen molar-refractivity contribution in [1.82, 2.24) is 4.90 Å². The zero-order chi connectivity index (χ0) is 15.4. The topological polar surface area (TPSA) is 41.9 Å². The van der Waals surface area contributed by atoms with Crippen molar-refractivity contribution >= 4 is 0 Å². The first kappa shape index (κ1) is 16.2. The fraction of sp³-hybridized carbons (Fsp3) is 0.625. The highest BCUT2D eigenvalue weighted by Crippen LogP contribution is 2.16. The first-order valence-electron chi connectivity index (χ1n) is 7.39. The molecule has 3 unspecified atom stereocenters. The Balaban J connectivity index is 1.79. The van der Waals surface area contributed by atoms with Crippen LogP contribution in [0.2, 0.25) is 0 Å². The third-order valence-electron chi connectivity index (χ3n) is 3.54. The first-order valence-corrected chi connectivity index (χ1v) is 7.39. The molecule has 1 heterocycles. The minimum absolute atomic E-state index is 0.182. The van der Waals surface area contributed by atoms with Gasteiger partial charge >= 0.3 is 0 Å². The van der Waals surface area contributed by atoms with Gasteiger partial charge in [-0.15, -0.1) is 0 Å². The van der Waals surface area contributed by atoms with Crippen LogP contribution in [-0.4, -0.2) is 54.6 Å². The van der Waals surface area contributed by atoms with E-state index in [2.05, 4.69) is 4.90 Å². The lowest BCUT2D eigenvalue weighted by Crippen LogP contribution is -2.48. The number of aliphatic hydroxyl groups excluding tert-OH is 1. The van der Waals surface area contributed by atoms with Crippen molar-refractivity contribution in [3.05, 3.63) is 29.6 Å². The maximum absolute atomic E-state index is 13.2. The van der Waals surface area contributed by atoms with E-state index in [1.807, 2.05) is 13.8 Å². The SMILES string of the molecule is Cc1cc(OCC(O)CN2CC(C)OC(C)C2)ccc1F. The Labute approximate surface area is 125 Å². The fourth-order valence-electron chi connectivity index (χ4n) is 2.68. The average Bonchev–Trinajstić information content (AvgIpc) is 2.39. The molecule has 0 saturated carbocycles. The molecule has 1 aliphatic rings. The molecule has 0 radical (unpaired) electrons. The maximum Gasteiger partial charge on any atom is 0.126 e. The molecular weight excluding hydrogens is 273 g/mol. The molecule has 4 nitrogen and oxygen atoms in total. The van der Waals surface area contributed by atoms with Gasteiger partial charge in [0.05, 0.1) is 12.2 Å². The van der Waals surface area contributed by atoms with Crippen LogP contribution in [0.15, 0.2) is 18.2 Å². The molecule has 1 aliphatic heterocycles. The van der Waals surface area contributed by atoms with Crippen LogP contribution in [0.3, 0.4) is 0 Å². The number of rotatable bonds is 5. The van der Waals surface area contributed by atoms with Gasteiger partial charge in [-0.1, -0.05) is 0 Å². The van der Waals surface area contributed by atoms with Crippen molar-refractivity contribution in [2.75, 3.05) is 26.2 Å². The minimum atomic E-state index is -0.576. The van der Waals surface area contributed by atoms with E-state index < -0.39 is 6.10 Å². The van der Waals surface area contributed by atoms with Gasteiger partial charge in [-0.2, -0.15) is 0 Å². The summed E-state index contributed by atoms with van der Waals surface area (Å²) in [6.07, 6.45) is -0.212. The number of ether oxygens (including phenoxy) is 2. The van der Waals surface area contributed by atoms with Gasteiger partial charge in [0, 0.05) is 19.6 Å². The number of benzene rings is 1. The Hall–Kier alpha value is -1.17. The van der Waals surface area contributed by atoms with Crippen molar-refractivity contribution in [2.45, 2.75) is 39.1 Å². The molecule has 1 aromatic rings. The number of nitrogens with zero attached hydrogens (tertiary/aromatic N) is 1. The summed E-state index contributed by atoms with van der Waals surface area (Å²) >= 11 is 0. The van der Waals surface area contributed by atoms with E-state index in [9.17, 15) is 9.50 Å². The second-order valence-electron chi connectivity index (χ2n) is 5.85. The number of hydrogen-bond donors (Lipinski definition) is 1. The largest absolute Gasteiger partial charge is 0.491 e. The molecule has 0 bridgehead atoms. The molecule has 2 rings (SSSR count). The van der Waals surface area contributed by atoms with Crippen LogP contribution in [0.25, 0.3) is 0 Å². The smallest absolute Gasteiger partial charge is 0.126 e. The highest BCUT2D eigenvalue weighted by atomic mass is 19.1. The molecule has 1 saturated heterocycles. The number of aryl methyl sites for hydroxylation is 1. The van der Waals surface area contributed by atoms with E-state index >= 15 is 0 Å². The van der Waals surface area contributed by atoms with Gasteiger partial charge < -0.3 is 14.6 Å². The molecular formula is C16H24FNO3. The van der Waals surface area contributed by atoms with Crippen molar-refractivity contribution in [1.29, 1.82) is 0 Å². The van der Waals surface area contributed by atoms with Crippen molar-refractivity contribution < 1.29 is 19.0 Å². The molecule has 1 fully saturated rings. The average molecular weight is 297 g/mol. The number of halogens is 1. The van der Waals surface area contributed by atoms with E-state index in [0.717, 1.165) is 13.1 Å². The Kier molecular flexibility index (Phi) is 5.56. The Morgan fingerprint density at radius 1 is 1.38 bits per heavy atom. The van der Waals surface area contributed by atoms with Gasteiger partial charge in [0.15, 0.2) is 0 Å². The van der Waals surface area contributed by atoms with Gasteiger partial charge in [-0.3, -0.25) is 4.90 Å². The lowest BCUT2D eigenvalue weighted by molar-refractivity contribution is -0.0786. The highest BCUT2D eigenvalue weighted by molar-refractivity contribution is 5.28. The Morgan fingerprint density at radius 3 is 2.67 bits per heavy atom. The number of β-amino-alcohol motifs (C(OH)–C–C–N with tert-alkyl or cyclic N) is 1. The number of morpholine rings is 1. The minimum Gasteiger partial charge on any atom is -0.491 e. The van der Waals surface area contributed by atoms with Crippen LogP contribution in [-0.2, 0) is 4.74 Å². The summed E-state index contributed by atoms with van der Waals surface area (Å²) in [7, 11) is 0. The summed E-state index contributed by atoms with van der Waals surface area (Å²) < 4.78 is 24.3. The van der Waals surface area contributed by atoms with Crippen LogP contribution >= 0.6 is 0 Å². The Morgan fingerprint density at radius 2 is 2.05 bits per heavy atom. The van der Waals surface area contributed by atoms with Crippen molar-refractivity contribution in [3.8, 4) is 5.75 Å². The van der Waals surface area contributed by atoms with Gasteiger partial charge in [0.1, 0.15) is 24.3 Å². The first-order chi connectivity index (χ1) is 9.94. The van der Waals surface area contributed by atoms with Gasteiger partial charge in [-0.05, 0) is 44.5 Å². The highest BCUT2D eigenvalue weighted by Gasteiger charge is 2.23. The quantitative estimate of drug-likeness (QED) is 0.902. The van der Waals surface area contributed by atoms with Crippen LogP contribution in [0.4, 0.5) is 4.39 Å². The molecule has 1 aromatic carbocycles. The molecule has 0 aromatic heterocycles. The van der Waals surface area contributed by atoms with Gasteiger partial charge in [-0.25, -0.2) is 4.39 Å². The van der Waals surface area contributed by atoms with Gasteiger partial charge in [0.25, 0.3) is 0 Å². The van der Waals surface area contributed by atoms with E-state index in [4.69, 9.17) is 9.47 Å². The molecule has 0 spiro atoms. The normalized spacial score (nSPS) is 24.8. The van der Waals surface area contributed by atoms with E-state index in [1.54, 1.807) is 19.1 Å². The predicted molar refractivity (Wildman–Crippen MR) is 79.1 cm³/mol. The lowest BCUT2D eigenvalue weighted by atomic mass is 10.2. The second-order valence-corrected chi connectivity index (χ2v) is 5.85. The van der Waals surface area contributed by atoms with E-state index in [1.165, 1.54) is 6.07 Å². The zero-order valence-electron chi connectivity index (χ0n) is 12.9. The number of hydrogen-bond acceptors (Lipinski definition) is 4.